The van der Waals surface area contributed by atoms with Crippen molar-refractivity contribution < 1.29 is 0 Å². The number of benzene rings is 3. The molecule has 0 bridgehead atoms. The number of rotatable bonds is 11. The SMILES string of the molecule is C=C(c1ccccn1)N(CCCc1ccccc1)CCC(c1ccccc1)c1ccccc1. The summed E-state index contributed by atoms with van der Waals surface area (Å²) in [6, 6.07) is 38.4. The van der Waals surface area contributed by atoms with Crippen molar-refractivity contribution in [1.82, 2.24) is 9.88 Å². The quantitative estimate of drug-likeness (QED) is 0.249. The smallest absolute Gasteiger partial charge is 0.0856 e. The normalized spacial score (nSPS) is 10.8. The number of nitrogens with zero attached hydrogens (tertiary/aromatic N) is 2. The van der Waals surface area contributed by atoms with Gasteiger partial charge in [0, 0.05) is 25.2 Å². The number of hydrogen-bond acceptors (Lipinski definition) is 2. The van der Waals surface area contributed by atoms with E-state index >= 15 is 0 Å². The second-order valence-corrected chi connectivity index (χ2v) is 8.40. The fourth-order valence-corrected chi connectivity index (χ4v) is 4.38. The third kappa shape index (κ3) is 6.43. The molecule has 2 nitrogen and oxygen atoms in total. The molecule has 0 fully saturated rings. The average Bonchev–Trinajstić information content (AvgIpc) is 2.90. The number of aryl methyl sites for hydroxylation is 1. The van der Waals surface area contributed by atoms with Gasteiger partial charge in [0.05, 0.1) is 11.4 Å². The van der Waals surface area contributed by atoms with Crippen molar-refractivity contribution in [2.75, 3.05) is 13.1 Å². The van der Waals surface area contributed by atoms with Crippen molar-refractivity contribution in [2.24, 2.45) is 0 Å². The van der Waals surface area contributed by atoms with Gasteiger partial charge in [-0.1, -0.05) is 104 Å². The highest BCUT2D eigenvalue weighted by molar-refractivity contribution is 5.58. The maximum atomic E-state index is 4.57. The van der Waals surface area contributed by atoms with E-state index in [1.165, 1.54) is 16.7 Å². The zero-order valence-corrected chi connectivity index (χ0v) is 19.2. The summed E-state index contributed by atoms with van der Waals surface area (Å²) >= 11 is 0. The lowest BCUT2D eigenvalue weighted by molar-refractivity contribution is 0.374. The molecule has 4 aromatic rings. The van der Waals surface area contributed by atoms with Crippen molar-refractivity contribution in [2.45, 2.75) is 25.2 Å². The molecule has 0 N–H and O–H groups in total. The van der Waals surface area contributed by atoms with Gasteiger partial charge >= 0.3 is 0 Å². The van der Waals surface area contributed by atoms with Crippen molar-refractivity contribution in [3.8, 4) is 0 Å². The summed E-state index contributed by atoms with van der Waals surface area (Å²) in [5, 5.41) is 0. The molecule has 2 heteroatoms. The monoisotopic (exact) mass is 432 g/mol. The molecule has 1 heterocycles. The lowest BCUT2D eigenvalue weighted by Crippen LogP contribution is -2.26. The van der Waals surface area contributed by atoms with Crippen LogP contribution in [0.5, 0.6) is 0 Å². The first-order valence-electron chi connectivity index (χ1n) is 11.8. The molecule has 0 radical (unpaired) electrons. The van der Waals surface area contributed by atoms with Crippen LogP contribution in [0, 0.1) is 0 Å². The molecule has 0 aliphatic carbocycles. The van der Waals surface area contributed by atoms with Crippen molar-refractivity contribution >= 4 is 5.70 Å². The molecular formula is C31H32N2. The molecular weight excluding hydrogens is 400 g/mol. The van der Waals surface area contributed by atoms with E-state index in [-0.39, 0.29) is 0 Å². The van der Waals surface area contributed by atoms with Crippen LogP contribution < -0.4 is 0 Å². The summed E-state index contributed by atoms with van der Waals surface area (Å²) in [5.74, 6) is 0.348. The molecule has 0 atom stereocenters. The zero-order chi connectivity index (χ0) is 22.7. The topological polar surface area (TPSA) is 16.1 Å². The Hall–Kier alpha value is -3.65. The minimum atomic E-state index is 0.348. The number of hydrogen-bond donors (Lipinski definition) is 0. The van der Waals surface area contributed by atoms with Gasteiger partial charge in [-0.25, -0.2) is 0 Å². The summed E-state index contributed by atoms with van der Waals surface area (Å²) in [5.41, 5.74) is 6.05. The first-order valence-corrected chi connectivity index (χ1v) is 11.8. The number of pyridine rings is 1. The summed E-state index contributed by atoms with van der Waals surface area (Å²) in [4.78, 5) is 6.99. The Kier molecular flexibility index (Phi) is 8.08. The van der Waals surface area contributed by atoms with E-state index in [1.807, 2.05) is 18.3 Å². The molecule has 166 valence electrons. The van der Waals surface area contributed by atoms with Crippen LogP contribution in [0.2, 0.25) is 0 Å². The van der Waals surface area contributed by atoms with E-state index < -0.39 is 0 Å². The van der Waals surface area contributed by atoms with Gasteiger partial charge in [0.1, 0.15) is 0 Å². The first-order chi connectivity index (χ1) is 16.3. The summed E-state index contributed by atoms with van der Waals surface area (Å²) < 4.78 is 0. The van der Waals surface area contributed by atoms with Crippen LogP contribution in [0.25, 0.3) is 5.70 Å². The highest BCUT2D eigenvalue weighted by Gasteiger charge is 2.17. The van der Waals surface area contributed by atoms with Gasteiger partial charge in [-0.05, 0) is 48.1 Å². The third-order valence-corrected chi connectivity index (χ3v) is 6.17. The van der Waals surface area contributed by atoms with Crippen molar-refractivity contribution in [3.05, 3.63) is 144 Å². The van der Waals surface area contributed by atoms with Gasteiger partial charge in [0.25, 0.3) is 0 Å². The molecule has 3 aromatic carbocycles. The minimum absolute atomic E-state index is 0.348. The van der Waals surface area contributed by atoms with Crippen LogP contribution >= 0.6 is 0 Å². The predicted molar refractivity (Wildman–Crippen MR) is 139 cm³/mol. The highest BCUT2D eigenvalue weighted by atomic mass is 15.1. The molecule has 0 saturated carbocycles. The molecule has 33 heavy (non-hydrogen) atoms. The Morgan fingerprint density at radius 2 is 1.27 bits per heavy atom. The summed E-state index contributed by atoms with van der Waals surface area (Å²) in [6.07, 6.45) is 5.01. The van der Waals surface area contributed by atoms with Gasteiger partial charge in [0.2, 0.25) is 0 Å². The molecule has 0 aliphatic rings. The second kappa shape index (κ2) is 11.8. The van der Waals surface area contributed by atoms with E-state index in [0.29, 0.717) is 5.92 Å². The van der Waals surface area contributed by atoms with Gasteiger partial charge < -0.3 is 4.90 Å². The molecule has 0 spiro atoms. The van der Waals surface area contributed by atoms with E-state index in [2.05, 4.69) is 114 Å². The Morgan fingerprint density at radius 3 is 1.85 bits per heavy atom. The molecule has 4 rings (SSSR count). The lowest BCUT2D eigenvalue weighted by atomic mass is 9.88. The Morgan fingerprint density at radius 1 is 0.697 bits per heavy atom. The van der Waals surface area contributed by atoms with Crippen LogP contribution in [0.3, 0.4) is 0 Å². The molecule has 0 unspecified atom stereocenters. The van der Waals surface area contributed by atoms with Gasteiger partial charge in [-0.15, -0.1) is 0 Å². The maximum Gasteiger partial charge on any atom is 0.0856 e. The number of aromatic nitrogens is 1. The van der Waals surface area contributed by atoms with Gasteiger partial charge in [-0.2, -0.15) is 0 Å². The van der Waals surface area contributed by atoms with Crippen LogP contribution in [-0.4, -0.2) is 23.0 Å². The van der Waals surface area contributed by atoms with Crippen LogP contribution in [0.15, 0.2) is 122 Å². The Balaban J connectivity index is 1.50. The van der Waals surface area contributed by atoms with Crippen LogP contribution in [0.1, 0.15) is 41.1 Å². The van der Waals surface area contributed by atoms with Crippen LogP contribution in [0.4, 0.5) is 0 Å². The van der Waals surface area contributed by atoms with Crippen LogP contribution in [-0.2, 0) is 6.42 Å². The van der Waals surface area contributed by atoms with Crippen molar-refractivity contribution in [1.29, 1.82) is 0 Å². The largest absolute Gasteiger partial charge is 0.370 e. The maximum absolute atomic E-state index is 4.57. The second-order valence-electron chi connectivity index (χ2n) is 8.40. The summed E-state index contributed by atoms with van der Waals surface area (Å²) in [7, 11) is 0. The summed E-state index contributed by atoms with van der Waals surface area (Å²) in [6.45, 7) is 6.33. The molecule has 0 saturated heterocycles. The highest BCUT2D eigenvalue weighted by Crippen LogP contribution is 2.29. The third-order valence-electron chi connectivity index (χ3n) is 6.17. The fraction of sp³-hybridized carbons (Fsp3) is 0.194. The minimum Gasteiger partial charge on any atom is -0.370 e. The van der Waals surface area contributed by atoms with E-state index in [9.17, 15) is 0 Å². The van der Waals surface area contributed by atoms with E-state index in [4.69, 9.17) is 0 Å². The lowest BCUT2D eigenvalue weighted by Gasteiger charge is -2.29. The van der Waals surface area contributed by atoms with Gasteiger partial charge in [0.15, 0.2) is 0 Å². The molecule has 1 aromatic heterocycles. The Bertz CT molecular complexity index is 1050. The van der Waals surface area contributed by atoms with Crippen molar-refractivity contribution in [3.63, 3.8) is 0 Å². The fourth-order valence-electron chi connectivity index (χ4n) is 4.38. The van der Waals surface area contributed by atoms with Gasteiger partial charge in [-0.3, -0.25) is 4.98 Å². The zero-order valence-electron chi connectivity index (χ0n) is 19.2. The van der Waals surface area contributed by atoms with E-state index in [0.717, 1.165) is 43.7 Å². The van der Waals surface area contributed by atoms with E-state index in [1.54, 1.807) is 0 Å². The molecule has 0 aliphatic heterocycles. The Labute approximate surface area is 198 Å². The standard InChI is InChI=1S/C31H32N2/c1-26(31-21-11-12-23-32-31)33(24-13-16-27-14-5-2-6-15-27)25-22-30(28-17-7-3-8-18-28)29-19-9-4-10-20-29/h2-12,14-15,17-21,23,30H,1,13,16,22,24-25H2. The average molecular weight is 433 g/mol. The predicted octanol–water partition coefficient (Wildman–Crippen LogP) is 7.21. The molecule has 0 amide bonds. The first kappa shape index (κ1) is 22.5.